The fourth-order valence-electron chi connectivity index (χ4n) is 2.47. The maximum atomic E-state index is 12.3. The number of halogens is 3. The van der Waals surface area contributed by atoms with Crippen molar-refractivity contribution in [3.63, 3.8) is 0 Å². The Bertz CT molecular complexity index is 201. The number of fused-ring (bicyclic) bond motifs is 4. The van der Waals surface area contributed by atoms with Crippen molar-refractivity contribution in [1.29, 1.82) is 0 Å². The molecule has 0 unspecified atom stereocenters. The molecule has 2 nitrogen and oxygen atoms in total. The van der Waals surface area contributed by atoms with Gasteiger partial charge < -0.3 is 22.7 Å². The Hall–Kier alpha value is -0.225. The number of piperidine rings is 1. The number of hydrogen-bond acceptors (Lipinski definition) is 2. The smallest absolute Gasteiger partial charge is 0.448 e. The zero-order valence-electron chi connectivity index (χ0n) is 8.13. The van der Waals surface area contributed by atoms with Gasteiger partial charge in [-0.05, 0) is 32.4 Å². The van der Waals surface area contributed by atoms with E-state index in [0.717, 1.165) is 32.5 Å². The normalized spacial score (nSPS) is 34.5. The molecule has 3 fully saturated rings. The highest BCUT2D eigenvalue weighted by Crippen LogP contribution is 2.23. The summed E-state index contributed by atoms with van der Waals surface area (Å²) < 4.78 is 36.9. The number of rotatable bonds is 2. The van der Waals surface area contributed by atoms with Gasteiger partial charge in [0.1, 0.15) is 0 Å². The minimum absolute atomic E-state index is 0.178. The first kappa shape index (κ1) is 10.3. The topological polar surface area (TPSA) is 6.48 Å². The van der Waals surface area contributed by atoms with Crippen molar-refractivity contribution in [2.24, 2.45) is 0 Å². The first-order valence-corrected chi connectivity index (χ1v) is 5.22. The molecule has 3 aliphatic heterocycles. The van der Waals surface area contributed by atoms with Crippen LogP contribution in [0.5, 0.6) is 0 Å². The molecule has 3 saturated heterocycles. The zero-order chi connectivity index (χ0) is 10.2. The van der Waals surface area contributed by atoms with Crippen LogP contribution in [-0.4, -0.2) is 55.4 Å². The summed E-state index contributed by atoms with van der Waals surface area (Å²) >= 11 is 0. The molecule has 0 aromatic carbocycles. The average Bonchev–Trinajstić information content (AvgIpc) is 2.37. The van der Waals surface area contributed by atoms with E-state index in [1.54, 1.807) is 4.90 Å². The molecule has 0 spiro atoms. The first-order chi connectivity index (χ1) is 6.54. The number of hydrogen-bond donors (Lipinski definition) is 0. The lowest BCUT2D eigenvalue weighted by atomic mass is 9.89. The Balaban J connectivity index is 1.97. The van der Waals surface area contributed by atoms with E-state index in [2.05, 4.69) is 4.90 Å². The van der Waals surface area contributed by atoms with E-state index in [9.17, 15) is 12.9 Å². The summed E-state index contributed by atoms with van der Waals surface area (Å²) in [7, 11) is 0. The predicted octanol–water partition coefficient (Wildman–Crippen LogP) is 1.15. The first-order valence-electron chi connectivity index (χ1n) is 5.22. The van der Waals surface area contributed by atoms with E-state index in [4.69, 9.17) is 0 Å². The van der Waals surface area contributed by atoms with Gasteiger partial charge in [0.25, 0.3) is 0 Å². The van der Waals surface area contributed by atoms with Crippen LogP contribution >= 0.6 is 0 Å². The third kappa shape index (κ3) is 2.42. The summed E-state index contributed by atoms with van der Waals surface area (Å²) in [5, 5.41) is 0. The van der Waals surface area contributed by atoms with Crippen LogP contribution in [0.2, 0.25) is 0 Å². The summed E-state index contributed by atoms with van der Waals surface area (Å²) in [5.74, 6) is 0. The molecular weight excluding hydrogens is 192 g/mol. The van der Waals surface area contributed by atoms with Crippen molar-refractivity contribution >= 4 is 6.98 Å². The molecule has 0 aromatic heterocycles. The third-order valence-electron chi connectivity index (χ3n) is 3.22. The molecule has 0 atom stereocenters. The predicted molar refractivity (Wildman–Crippen MR) is 50.1 cm³/mol. The monoisotopic (exact) mass is 207 g/mol. The van der Waals surface area contributed by atoms with Gasteiger partial charge in [-0.2, -0.15) is 0 Å². The van der Waals surface area contributed by atoms with Gasteiger partial charge in [-0.25, -0.2) is 0 Å². The molecule has 0 saturated carbocycles. The Morgan fingerprint density at radius 1 is 1.00 bits per heavy atom. The summed E-state index contributed by atoms with van der Waals surface area (Å²) in [5.41, 5.74) is 0. The molecule has 3 aliphatic rings. The van der Waals surface area contributed by atoms with Gasteiger partial charge in [-0.1, -0.05) is 0 Å². The summed E-state index contributed by atoms with van der Waals surface area (Å²) in [6.07, 6.45) is 1.15. The fraction of sp³-hybridized carbons (Fsp3) is 1.00. The highest BCUT2D eigenvalue weighted by atomic mass is 19.4. The highest BCUT2D eigenvalue weighted by molar-refractivity contribution is 6.58. The second-order valence-electron chi connectivity index (χ2n) is 4.28. The van der Waals surface area contributed by atoms with Crippen molar-refractivity contribution < 1.29 is 12.9 Å². The van der Waals surface area contributed by atoms with E-state index in [-0.39, 0.29) is 6.04 Å². The van der Waals surface area contributed by atoms with Crippen LogP contribution in [0.1, 0.15) is 12.8 Å². The lowest BCUT2D eigenvalue weighted by Crippen LogP contribution is -2.44. The van der Waals surface area contributed by atoms with Crippen molar-refractivity contribution in [3.05, 3.63) is 0 Å². The maximum Gasteiger partial charge on any atom is 0.492 e. The summed E-state index contributed by atoms with van der Waals surface area (Å²) in [4.78, 5) is 3.90. The van der Waals surface area contributed by atoms with E-state index in [1.807, 2.05) is 0 Å². The minimum Gasteiger partial charge on any atom is -0.448 e. The largest absolute Gasteiger partial charge is 0.492 e. The maximum absolute atomic E-state index is 12.3. The van der Waals surface area contributed by atoms with Crippen LogP contribution in [0.3, 0.4) is 0 Å². The van der Waals surface area contributed by atoms with Gasteiger partial charge in [-0.3, -0.25) is 0 Å². The second-order valence-corrected chi connectivity index (χ2v) is 4.28. The van der Waals surface area contributed by atoms with E-state index >= 15 is 0 Å². The van der Waals surface area contributed by atoms with E-state index in [1.165, 1.54) is 0 Å². The van der Waals surface area contributed by atoms with Crippen LogP contribution in [-0.2, 0) is 0 Å². The van der Waals surface area contributed by atoms with Crippen LogP contribution in [0.4, 0.5) is 12.9 Å². The van der Waals surface area contributed by atoms with Gasteiger partial charge >= 0.3 is 6.98 Å². The van der Waals surface area contributed by atoms with Crippen LogP contribution < -0.4 is 0 Å². The van der Waals surface area contributed by atoms with E-state index < -0.39 is 13.4 Å². The zero-order valence-corrected chi connectivity index (χ0v) is 8.13. The Morgan fingerprint density at radius 2 is 1.64 bits per heavy atom. The Morgan fingerprint density at radius 3 is 2.21 bits per heavy atom. The Labute approximate surface area is 82.1 Å². The molecule has 82 valence electrons. The SMILES string of the molecule is F[B-](F)(F)CN1CCN2CCC1CC2. The minimum atomic E-state index is -4.65. The fourth-order valence-corrected chi connectivity index (χ4v) is 2.47. The molecule has 3 heterocycles. The molecule has 6 heteroatoms. The van der Waals surface area contributed by atoms with Gasteiger partial charge in [0.05, 0.1) is 0 Å². The van der Waals surface area contributed by atoms with Gasteiger partial charge in [0.2, 0.25) is 0 Å². The van der Waals surface area contributed by atoms with Crippen LogP contribution in [0.25, 0.3) is 0 Å². The second kappa shape index (κ2) is 3.74. The molecule has 0 aliphatic carbocycles. The van der Waals surface area contributed by atoms with Crippen LogP contribution in [0.15, 0.2) is 0 Å². The van der Waals surface area contributed by atoms with Gasteiger partial charge in [0, 0.05) is 19.1 Å². The third-order valence-corrected chi connectivity index (χ3v) is 3.22. The van der Waals surface area contributed by atoms with E-state index in [0.29, 0.717) is 6.54 Å². The van der Waals surface area contributed by atoms with Gasteiger partial charge in [0.15, 0.2) is 0 Å². The standard InChI is InChI=1S/C8H15BF3N2/c10-9(11,12)7-14-6-5-13-3-1-8(14)2-4-13/h8H,1-7H2/q-1. The molecule has 0 radical (unpaired) electrons. The van der Waals surface area contributed by atoms with Crippen molar-refractivity contribution in [2.45, 2.75) is 18.9 Å². The quantitative estimate of drug-likeness (QED) is 0.626. The van der Waals surface area contributed by atoms with Crippen molar-refractivity contribution in [3.8, 4) is 0 Å². The van der Waals surface area contributed by atoms with Gasteiger partial charge in [-0.15, -0.1) is 0 Å². The number of nitrogens with zero attached hydrogens (tertiary/aromatic N) is 2. The molecule has 14 heavy (non-hydrogen) atoms. The lowest BCUT2D eigenvalue weighted by Gasteiger charge is -2.34. The average molecular weight is 207 g/mol. The highest BCUT2D eigenvalue weighted by Gasteiger charge is 2.34. The summed E-state index contributed by atoms with van der Waals surface area (Å²) in [6, 6.07) is 0.178. The molecule has 0 N–H and O–H groups in total. The molecule has 0 amide bonds. The Kier molecular flexibility index (Phi) is 2.75. The molecular formula is C8H15BF3N2-. The molecule has 3 rings (SSSR count). The van der Waals surface area contributed by atoms with Crippen molar-refractivity contribution in [2.75, 3.05) is 32.6 Å². The molecule has 0 aromatic rings. The van der Waals surface area contributed by atoms with Crippen LogP contribution in [0, 0.1) is 0 Å². The van der Waals surface area contributed by atoms with Crippen molar-refractivity contribution in [1.82, 2.24) is 9.80 Å². The summed E-state index contributed by atoms with van der Waals surface area (Å²) in [6.45, 7) is -1.30. The molecule has 2 bridgehead atoms. The lowest BCUT2D eigenvalue weighted by molar-refractivity contribution is 0.189.